The number of nitrogens with one attached hydrogen (secondary N) is 1. The Morgan fingerprint density at radius 2 is 2.13 bits per heavy atom. The molecule has 2 fully saturated rings. The number of esters is 1. The van der Waals surface area contributed by atoms with Crippen LogP contribution in [-0.4, -0.2) is 30.4 Å². The number of hydrogen-bond acceptors (Lipinski definition) is 4. The first-order valence-corrected chi connectivity index (χ1v) is 5.36. The van der Waals surface area contributed by atoms with Gasteiger partial charge in [-0.05, 0) is 33.2 Å². The first kappa shape index (κ1) is 10.6. The fourth-order valence-electron chi connectivity index (χ4n) is 2.24. The van der Waals surface area contributed by atoms with E-state index in [9.17, 15) is 9.59 Å². The zero-order valence-electron chi connectivity index (χ0n) is 9.37. The SMILES string of the molecule is CC(C)(C)OC(=O)C1C2CNCC(=O)C21. The number of rotatable bonds is 1. The molecule has 0 aromatic carbocycles. The molecule has 4 heteroatoms. The standard InChI is InChI=1S/C11H17NO3/c1-11(2,3)15-10(14)9-6-4-12-5-7(13)8(6)9/h6,8-9,12H,4-5H2,1-3H3. The summed E-state index contributed by atoms with van der Waals surface area (Å²) in [4.78, 5) is 23.2. The number of piperidine rings is 1. The van der Waals surface area contributed by atoms with Crippen molar-refractivity contribution in [2.45, 2.75) is 26.4 Å². The summed E-state index contributed by atoms with van der Waals surface area (Å²) in [5, 5.41) is 3.02. The van der Waals surface area contributed by atoms with Crippen LogP contribution >= 0.6 is 0 Å². The average molecular weight is 211 g/mol. The van der Waals surface area contributed by atoms with Crippen LogP contribution in [0.25, 0.3) is 0 Å². The molecule has 0 aromatic heterocycles. The molecule has 3 atom stereocenters. The molecule has 84 valence electrons. The lowest BCUT2D eigenvalue weighted by atomic mass is 10.1. The summed E-state index contributed by atoms with van der Waals surface area (Å²) >= 11 is 0. The molecular weight excluding hydrogens is 194 g/mol. The van der Waals surface area contributed by atoms with Gasteiger partial charge in [-0.3, -0.25) is 9.59 Å². The van der Waals surface area contributed by atoms with Crippen molar-refractivity contribution in [2.24, 2.45) is 17.8 Å². The van der Waals surface area contributed by atoms with Crippen molar-refractivity contribution in [1.29, 1.82) is 0 Å². The Morgan fingerprint density at radius 3 is 2.67 bits per heavy atom. The smallest absolute Gasteiger partial charge is 0.310 e. The van der Waals surface area contributed by atoms with E-state index in [1.54, 1.807) is 0 Å². The van der Waals surface area contributed by atoms with Crippen LogP contribution in [0.3, 0.4) is 0 Å². The zero-order chi connectivity index (χ0) is 11.2. The molecule has 0 radical (unpaired) electrons. The van der Waals surface area contributed by atoms with E-state index in [1.807, 2.05) is 20.8 Å². The lowest BCUT2D eigenvalue weighted by Crippen LogP contribution is -2.31. The normalized spacial score (nSPS) is 34.6. The summed E-state index contributed by atoms with van der Waals surface area (Å²) in [6.07, 6.45) is 0. The predicted molar refractivity (Wildman–Crippen MR) is 54.2 cm³/mol. The average Bonchev–Trinajstić information content (AvgIpc) is 2.76. The Hall–Kier alpha value is -0.900. The van der Waals surface area contributed by atoms with Gasteiger partial charge in [0.05, 0.1) is 12.5 Å². The lowest BCUT2D eigenvalue weighted by molar-refractivity contribution is -0.157. The molecule has 1 saturated heterocycles. The van der Waals surface area contributed by atoms with Crippen molar-refractivity contribution < 1.29 is 14.3 Å². The molecule has 1 saturated carbocycles. The largest absolute Gasteiger partial charge is 0.460 e. The molecule has 1 aliphatic heterocycles. The van der Waals surface area contributed by atoms with Crippen molar-refractivity contribution in [3.8, 4) is 0 Å². The first-order valence-electron chi connectivity index (χ1n) is 5.36. The van der Waals surface area contributed by atoms with Crippen molar-refractivity contribution in [3.05, 3.63) is 0 Å². The molecule has 0 aromatic rings. The van der Waals surface area contributed by atoms with Crippen LogP contribution in [0.1, 0.15) is 20.8 Å². The van der Waals surface area contributed by atoms with Crippen LogP contribution < -0.4 is 5.32 Å². The molecule has 1 aliphatic carbocycles. The van der Waals surface area contributed by atoms with Gasteiger partial charge < -0.3 is 10.1 Å². The third-order valence-corrected chi connectivity index (χ3v) is 2.90. The van der Waals surface area contributed by atoms with Gasteiger partial charge in [0.2, 0.25) is 0 Å². The van der Waals surface area contributed by atoms with Crippen LogP contribution in [0.15, 0.2) is 0 Å². The predicted octanol–water partition coefficient (Wildman–Crippen LogP) is 0.363. The molecule has 1 heterocycles. The van der Waals surface area contributed by atoms with Crippen LogP contribution in [0.5, 0.6) is 0 Å². The van der Waals surface area contributed by atoms with E-state index in [4.69, 9.17) is 4.74 Å². The highest BCUT2D eigenvalue weighted by Gasteiger charge is 2.60. The number of carbonyl (C=O) groups excluding carboxylic acids is 2. The monoisotopic (exact) mass is 211 g/mol. The van der Waals surface area contributed by atoms with Gasteiger partial charge in [0, 0.05) is 5.92 Å². The molecule has 2 rings (SSSR count). The van der Waals surface area contributed by atoms with E-state index >= 15 is 0 Å². The van der Waals surface area contributed by atoms with Gasteiger partial charge >= 0.3 is 5.97 Å². The van der Waals surface area contributed by atoms with Crippen molar-refractivity contribution in [2.75, 3.05) is 13.1 Å². The summed E-state index contributed by atoms with van der Waals surface area (Å²) in [6, 6.07) is 0. The lowest BCUT2D eigenvalue weighted by Gasteiger charge is -2.19. The number of fused-ring (bicyclic) bond motifs is 1. The first-order chi connectivity index (χ1) is 6.90. The molecule has 15 heavy (non-hydrogen) atoms. The van der Waals surface area contributed by atoms with Gasteiger partial charge in [0.1, 0.15) is 5.60 Å². The summed E-state index contributed by atoms with van der Waals surface area (Å²) in [7, 11) is 0. The second-order valence-electron chi connectivity index (χ2n) is 5.35. The van der Waals surface area contributed by atoms with E-state index in [0.717, 1.165) is 6.54 Å². The quantitative estimate of drug-likeness (QED) is 0.636. The number of carbonyl (C=O) groups is 2. The number of ether oxygens (including phenoxy) is 1. The topological polar surface area (TPSA) is 55.4 Å². The van der Waals surface area contributed by atoms with Crippen molar-refractivity contribution in [3.63, 3.8) is 0 Å². The second kappa shape index (κ2) is 3.30. The fourth-order valence-corrected chi connectivity index (χ4v) is 2.24. The minimum Gasteiger partial charge on any atom is -0.460 e. The molecule has 4 nitrogen and oxygen atoms in total. The van der Waals surface area contributed by atoms with E-state index in [1.165, 1.54) is 0 Å². The van der Waals surface area contributed by atoms with E-state index < -0.39 is 5.60 Å². The van der Waals surface area contributed by atoms with Crippen LogP contribution in [0.4, 0.5) is 0 Å². The highest BCUT2D eigenvalue weighted by Crippen LogP contribution is 2.49. The van der Waals surface area contributed by atoms with Crippen LogP contribution in [0, 0.1) is 17.8 Å². The molecule has 1 N–H and O–H groups in total. The minimum absolute atomic E-state index is 0.0684. The van der Waals surface area contributed by atoms with Crippen molar-refractivity contribution >= 4 is 11.8 Å². The fraction of sp³-hybridized carbons (Fsp3) is 0.818. The van der Waals surface area contributed by atoms with Gasteiger partial charge in [0.25, 0.3) is 0 Å². The number of ketones is 1. The maximum Gasteiger partial charge on any atom is 0.310 e. The maximum atomic E-state index is 11.7. The molecule has 0 spiro atoms. The second-order valence-corrected chi connectivity index (χ2v) is 5.35. The minimum atomic E-state index is -0.459. The summed E-state index contributed by atoms with van der Waals surface area (Å²) < 4.78 is 5.28. The number of Topliss-reactive ketones (excluding diaryl/α,β-unsaturated/α-hetero) is 1. The Morgan fingerprint density at radius 1 is 1.47 bits per heavy atom. The third kappa shape index (κ3) is 2.04. The third-order valence-electron chi connectivity index (χ3n) is 2.90. The van der Waals surface area contributed by atoms with Gasteiger partial charge in [0.15, 0.2) is 5.78 Å². The molecular formula is C11H17NO3. The van der Waals surface area contributed by atoms with Crippen LogP contribution in [0.2, 0.25) is 0 Å². The molecule has 0 amide bonds. The highest BCUT2D eigenvalue weighted by molar-refractivity contribution is 5.94. The van der Waals surface area contributed by atoms with E-state index in [2.05, 4.69) is 5.32 Å². The van der Waals surface area contributed by atoms with Gasteiger partial charge in [-0.15, -0.1) is 0 Å². The Balaban J connectivity index is 1.97. The summed E-state index contributed by atoms with van der Waals surface area (Å²) in [5.41, 5.74) is -0.459. The zero-order valence-corrected chi connectivity index (χ0v) is 9.37. The number of hydrogen-bond donors (Lipinski definition) is 1. The van der Waals surface area contributed by atoms with E-state index in [0.29, 0.717) is 6.54 Å². The van der Waals surface area contributed by atoms with Gasteiger partial charge in [-0.2, -0.15) is 0 Å². The van der Waals surface area contributed by atoms with Gasteiger partial charge in [-0.1, -0.05) is 0 Å². The molecule has 2 aliphatic rings. The van der Waals surface area contributed by atoms with Gasteiger partial charge in [-0.25, -0.2) is 0 Å². The summed E-state index contributed by atoms with van der Waals surface area (Å²) in [5.74, 6) is -0.134. The highest BCUT2D eigenvalue weighted by atomic mass is 16.6. The Labute approximate surface area is 89.4 Å². The Kier molecular flexibility index (Phi) is 2.34. The Bertz CT molecular complexity index is 305. The van der Waals surface area contributed by atoms with E-state index in [-0.39, 0.29) is 29.5 Å². The molecule has 3 unspecified atom stereocenters. The van der Waals surface area contributed by atoms with Crippen LogP contribution in [-0.2, 0) is 14.3 Å². The molecule has 0 bridgehead atoms. The maximum absolute atomic E-state index is 11.7. The van der Waals surface area contributed by atoms with Crippen molar-refractivity contribution in [1.82, 2.24) is 5.32 Å². The summed E-state index contributed by atoms with van der Waals surface area (Å²) in [6.45, 7) is 6.70.